The number of anilines is 2. The third kappa shape index (κ3) is 6.94. The summed E-state index contributed by atoms with van der Waals surface area (Å²) in [7, 11) is 0. The molecule has 0 aliphatic carbocycles. The molecule has 2 N–H and O–H groups in total. The van der Waals surface area contributed by atoms with Gasteiger partial charge >= 0.3 is 0 Å². The van der Waals surface area contributed by atoms with Gasteiger partial charge < -0.3 is 15.5 Å². The maximum absolute atomic E-state index is 13.2. The maximum Gasteiger partial charge on any atom is 0.252 e. The molecule has 0 bridgehead atoms. The summed E-state index contributed by atoms with van der Waals surface area (Å²) in [6.07, 6.45) is 6.69. The number of carbonyl (C=O) groups is 1. The zero-order valence-electron chi connectivity index (χ0n) is 22.0. The highest BCUT2D eigenvalue weighted by atomic mass is 32.2. The number of rotatable bonds is 10. The van der Waals surface area contributed by atoms with Crippen LogP contribution in [-0.4, -0.2) is 48.2 Å². The van der Waals surface area contributed by atoms with Crippen LogP contribution in [0.25, 0.3) is 10.9 Å². The smallest absolute Gasteiger partial charge is 0.252 e. The summed E-state index contributed by atoms with van der Waals surface area (Å²) in [6, 6.07) is 28.7. The van der Waals surface area contributed by atoms with Gasteiger partial charge in [-0.25, -0.2) is 4.98 Å². The molecule has 4 aromatic rings. The molecule has 1 fully saturated rings. The van der Waals surface area contributed by atoms with Crippen molar-refractivity contribution in [3.63, 3.8) is 0 Å². The molecule has 0 atom stereocenters. The van der Waals surface area contributed by atoms with E-state index >= 15 is 0 Å². The fraction of sp³-hybridized carbons (Fsp3) is 0.312. The molecule has 0 unspecified atom stereocenters. The SMILES string of the molecule is CSc1cccc(Nc2cc(C(=O)NCCCN3CCC(Cc4ccccc4)CC3)c3ccccc3n2)c1. The van der Waals surface area contributed by atoms with E-state index < -0.39 is 0 Å². The number of hydrogen-bond acceptors (Lipinski definition) is 5. The van der Waals surface area contributed by atoms with E-state index in [2.05, 4.69) is 64.3 Å². The number of benzene rings is 3. The van der Waals surface area contributed by atoms with Crippen LogP contribution in [0, 0.1) is 5.92 Å². The van der Waals surface area contributed by atoms with Crippen LogP contribution in [0.5, 0.6) is 0 Å². The predicted molar refractivity (Wildman–Crippen MR) is 160 cm³/mol. The number of pyridine rings is 1. The second-order valence-corrected chi connectivity index (χ2v) is 10.9. The summed E-state index contributed by atoms with van der Waals surface area (Å²) in [5.41, 5.74) is 3.87. The van der Waals surface area contributed by atoms with E-state index in [0.29, 0.717) is 17.9 Å². The molecule has 5 rings (SSSR count). The Bertz CT molecular complexity index is 1350. The zero-order chi connectivity index (χ0) is 26.2. The van der Waals surface area contributed by atoms with Crippen LogP contribution in [-0.2, 0) is 6.42 Å². The lowest BCUT2D eigenvalue weighted by Crippen LogP contribution is -2.36. The third-order valence-electron chi connectivity index (χ3n) is 7.31. The summed E-state index contributed by atoms with van der Waals surface area (Å²) < 4.78 is 0. The first-order chi connectivity index (χ1) is 18.7. The molecule has 0 radical (unpaired) electrons. The Morgan fingerprint density at radius 2 is 1.76 bits per heavy atom. The van der Waals surface area contributed by atoms with Gasteiger partial charge in [-0.2, -0.15) is 0 Å². The fourth-order valence-corrected chi connectivity index (χ4v) is 5.70. The number of hydrogen-bond donors (Lipinski definition) is 2. The standard InChI is InChI=1S/C32H36N4OS/c1-38-27-12-7-11-26(22-27)34-31-23-29(28-13-5-6-14-30(28)35-31)32(37)33-17-8-18-36-19-15-25(16-20-36)21-24-9-3-2-4-10-24/h2-7,9-14,22-23,25H,8,15-21H2,1H3,(H,33,37)(H,34,35). The highest BCUT2D eigenvalue weighted by Gasteiger charge is 2.19. The van der Waals surface area contributed by atoms with Gasteiger partial charge in [0.2, 0.25) is 0 Å². The fourth-order valence-electron chi connectivity index (χ4n) is 5.24. The Morgan fingerprint density at radius 1 is 0.974 bits per heavy atom. The first kappa shape index (κ1) is 26.3. The molecule has 5 nitrogen and oxygen atoms in total. The number of nitrogens with one attached hydrogen (secondary N) is 2. The number of para-hydroxylation sites is 1. The lowest BCUT2D eigenvalue weighted by molar-refractivity contribution is 0.0952. The first-order valence-corrected chi connectivity index (χ1v) is 14.8. The lowest BCUT2D eigenvalue weighted by Gasteiger charge is -2.32. The Kier molecular flexibility index (Phi) is 8.94. The maximum atomic E-state index is 13.2. The predicted octanol–water partition coefficient (Wildman–Crippen LogP) is 6.77. The number of aromatic nitrogens is 1. The molecular weight excluding hydrogens is 488 g/mol. The molecule has 0 saturated carbocycles. The summed E-state index contributed by atoms with van der Waals surface area (Å²) in [4.78, 5) is 21.7. The largest absolute Gasteiger partial charge is 0.352 e. The first-order valence-electron chi connectivity index (χ1n) is 13.5. The Balaban J connectivity index is 1.14. The zero-order valence-corrected chi connectivity index (χ0v) is 22.8. The monoisotopic (exact) mass is 524 g/mol. The van der Waals surface area contributed by atoms with E-state index in [1.165, 1.54) is 29.7 Å². The summed E-state index contributed by atoms with van der Waals surface area (Å²) in [6.45, 7) is 3.98. The van der Waals surface area contributed by atoms with Crippen LogP contribution in [0.1, 0.15) is 35.2 Å². The number of likely N-dealkylation sites (tertiary alicyclic amines) is 1. The van der Waals surface area contributed by atoms with Crippen molar-refractivity contribution in [1.29, 1.82) is 0 Å². The minimum absolute atomic E-state index is 0.0499. The van der Waals surface area contributed by atoms with Gasteiger partial charge in [-0.05, 0) is 93.4 Å². The summed E-state index contributed by atoms with van der Waals surface area (Å²) in [5.74, 6) is 1.40. The van der Waals surface area contributed by atoms with Crippen LogP contribution in [0.15, 0.2) is 89.8 Å². The molecule has 0 spiro atoms. The van der Waals surface area contributed by atoms with Crippen molar-refractivity contribution in [2.24, 2.45) is 5.92 Å². The topological polar surface area (TPSA) is 57.3 Å². The van der Waals surface area contributed by atoms with Gasteiger partial charge in [0.15, 0.2) is 0 Å². The van der Waals surface area contributed by atoms with Gasteiger partial charge in [-0.1, -0.05) is 54.6 Å². The van der Waals surface area contributed by atoms with E-state index in [0.717, 1.165) is 48.6 Å². The van der Waals surface area contributed by atoms with Crippen LogP contribution in [0.2, 0.25) is 0 Å². The number of fused-ring (bicyclic) bond motifs is 1. The van der Waals surface area contributed by atoms with Gasteiger partial charge in [0, 0.05) is 22.5 Å². The number of piperidine rings is 1. The van der Waals surface area contributed by atoms with Crippen molar-refractivity contribution >= 4 is 40.1 Å². The van der Waals surface area contributed by atoms with Crippen LogP contribution < -0.4 is 10.6 Å². The van der Waals surface area contributed by atoms with Crippen molar-refractivity contribution in [2.75, 3.05) is 37.8 Å². The number of carbonyl (C=O) groups excluding carboxylic acids is 1. The summed E-state index contributed by atoms with van der Waals surface area (Å²) in [5, 5.41) is 7.41. The van der Waals surface area contributed by atoms with Gasteiger partial charge in [-0.15, -0.1) is 11.8 Å². The van der Waals surface area contributed by atoms with Crippen molar-refractivity contribution in [3.8, 4) is 0 Å². The molecule has 1 aliphatic heterocycles. The summed E-state index contributed by atoms with van der Waals surface area (Å²) >= 11 is 1.70. The molecule has 2 heterocycles. The van der Waals surface area contributed by atoms with Crippen LogP contribution in [0.4, 0.5) is 11.5 Å². The lowest BCUT2D eigenvalue weighted by atomic mass is 9.90. The molecule has 1 amide bonds. The highest BCUT2D eigenvalue weighted by molar-refractivity contribution is 7.98. The second-order valence-electron chi connectivity index (χ2n) is 10.0. The molecule has 38 heavy (non-hydrogen) atoms. The average Bonchev–Trinajstić information content (AvgIpc) is 2.96. The number of nitrogens with zero attached hydrogens (tertiary/aromatic N) is 2. The van der Waals surface area contributed by atoms with Gasteiger partial charge in [0.05, 0.1) is 11.1 Å². The molecule has 6 heteroatoms. The normalized spacial score (nSPS) is 14.4. The molecule has 1 aliphatic rings. The third-order valence-corrected chi connectivity index (χ3v) is 8.04. The minimum atomic E-state index is -0.0499. The van der Waals surface area contributed by atoms with Crippen molar-refractivity contribution < 1.29 is 4.79 Å². The van der Waals surface area contributed by atoms with E-state index in [-0.39, 0.29) is 5.91 Å². The van der Waals surface area contributed by atoms with E-state index in [4.69, 9.17) is 4.98 Å². The molecular formula is C32H36N4OS. The molecule has 1 aromatic heterocycles. The van der Waals surface area contributed by atoms with Crippen molar-refractivity contribution in [3.05, 3.63) is 96.1 Å². The Labute approximate surface area is 230 Å². The van der Waals surface area contributed by atoms with E-state index in [1.54, 1.807) is 11.8 Å². The number of thioether (sulfide) groups is 1. The highest BCUT2D eigenvalue weighted by Crippen LogP contribution is 2.26. The van der Waals surface area contributed by atoms with Gasteiger partial charge in [0.1, 0.15) is 5.82 Å². The van der Waals surface area contributed by atoms with E-state index in [1.807, 2.05) is 42.5 Å². The Hall–Kier alpha value is -3.35. The Morgan fingerprint density at radius 3 is 2.58 bits per heavy atom. The molecule has 1 saturated heterocycles. The molecule has 3 aromatic carbocycles. The quantitative estimate of drug-likeness (QED) is 0.177. The molecule has 196 valence electrons. The van der Waals surface area contributed by atoms with Crippen molar-refractivity contribution in [1.82, 2.24) is 15.2 Å². The average molecular weight is 525 g/mol. The van der Waals surface area contributed by atoms with Gasteiger partial charge in [0.25, 0.3) is 5.91 Å². The number of amides is 1. The second kappa shape index (κ2) is 12.9. The van der Waals surface area contributed by atoms with E-state index in [9.17, 15) is 4.79 Å². The van der Waals surface area contributed by atoms with Gasteiger partial charge in [-0.3, -0.25) is 4.79 Å². The minimum Gasteiger partial charge on any atom is -0.352 e. The van der Waals surface area contributed by atoms with Crippen LogP contribution >= 0.6 is 11.8 Å². The van der Waals surface area contributed by atoms with Crippen LogP contribution in [0.3, 0.4) is 0 Å². The van der Waals surface area contributed by atoms with Crippen molar-refractivity contribution in [2.45, 2.75) is 30.6 Å².